The summed E-state index contributed by atoms with van der Waals surface area (Å²) in [6.45, 7) is 0. The van der Waals surface area contributed by atoms with Gasteiger partial charge in [0.25, 0.3) is 0 Å². The topological polar surface area (TPSA) is 89.5 Å². The standard InChI is InChI=1S/C30H36O8/c1-33-22-16-20(17-23(34-2)28(22)37-5)10-12-26(31)30(14-8-7-9-15-30)27(32)13-11-21-18-24(35-3)29(38-6)25(19-21)36-4/h10-13,16-19H,7-9,14-15H2,1-6H3/b12-10+,13-11+. The normalized spacial score (nSPS) is 14.8. The van der Waals surface area contributed by atoms with Gasteiger partial charge in [-0.2, -0.15) is 0 Å². The molecule has 0 aromatic heterocycles. The predicted molar refractivity (Wildman–Crippen MR) is 146 cm³/mol. The van der Waals surface area contributed by atoms with Gasteiger partial charge in [-0.25, -0.2) is 0 Å². The number of carbonyl (C=O) groups excluding carboxylic acids is 2. The Morgan fingerprint density at radius 3 is 1.21 bits per heavy atom. The number of methoxy groups -OCH3 is 6. The number of benzene rings is 2. The molecule has 8 heteroatoms. The lowest BCUT2D eigenvalue weighted by Crippen LogP contribution is -2.39. The van der Waals surface area contributed by atoms with Crippen LogP contribution < -0.4 is 28.4 Å². The number of allylic oxidation sites excluding steroid dienone is 2. The Hall–Kier alpha value is -3.94. The van der Waals surface area contributed by atoms with Gasteiger partial charge in [0.2, 0.25) is 11.5 Å². The van der Waals surface area contributed by atoms with Crippen LogP contribution in [0.25, 0.3) is 12.2 Å². The van der Waals surface area contributed by atoms with Crippen molar-refractivity contribution in [1.82, 2.24) is 0 Å². The highest BCUT2D eigenvalue weighted by atomic mass is 16.5. The van der Waals surface area contributed by atoms with Crippen molar-refractivity contribution in [2.24, 2.45) is 5.41 Å². The largest absolute Gasteiger partial charge is 0.493 e. The van der Waals surface area contributed by atoms with Gasteiger partial charge in [-0.15, -0.1) is 0 Å². The van der Waals surface area contributed by atoms with Crippen molar-refractivity contribution >= 4 is 23.7 Å². The minimum Gasteiger partial charge on any atom is -0.493 e. The van der Waals surface area contributed by atoms with Crippen molar-refractivity contribution < 1.29 is 38.0 Å². The van der Waals surface area contributed by atoms with E-state index in [1.165, 1.54) is 54.8 Å². The summed E-state index contributed by atoms with van der Waals surface area (Å²) < 4.78 is 32.4. The van der Waals surface area contributed by atoms with E-state index in [1.807, 2.05) is 0 Å². The fourth-order valence-corrected chi connectivity index (χ4v) is 4.83. The zero-order valence-corrected chi connectivity index (χ0v) is 22.9. The minimum atomic E-state index is -1.10. The van der Waals surface area contributed by atoms with Gasteiger partial charge in [0.1, 0.15) is 0 Å². The fraction of sp³-hybridized carbons (Fsp3) is 0.400. The molecule has 0 heterocycles. The van der Waals surface area contributed by atoms with E-state index in [2.05, 4.69) is 0 Å². The molecule has 1 fully saturated rings. The highest BCUT2D eigenvalue weighted by Crippen LogP contribution is 2.42. The van der Waals surface area contributed by atoms with E-state index in [0.29, 0.717) is 58.5 Å². The summed E-state index contributed by atoms with van der Waals surface area (Å²) in [5.41, 5.74) is 0.283. The SMILES string of the molecule is COc1cc(/C=C/C(=O)C2(C(=O)/C=C/c3cc(OC)c(OC)c(OC)c3)CCCCC2)cc(OC)c1OC. The van der Waals surface area contributed by atoms with Crippen LogP contribution in [0.1, 0.15) is 43.2 Å². The monoisotopic (exact) mass is 524 g/mol. The number of hydrogen-bond acceptors (Lipinski definition) is 8. The molecule has 0 aliphatic heterocycles. The molecule has 0 bridgehead atoms. The molecule has 0 unspecified atom stereocenters. The van der Waals surface area contributed by atoms with Gasteiger partial charge in [-0.05, 0) is 60.4 Å². The number of ketones is 2. The highest BCUT2D eigenvalue weighted by molar-refractivity contribution is 6.17. The van der Waals surface area contributed by atoms with Gasteiger partial charge in [-0.1, -0.05) is 31.4 Å². The maximum absolute atomic E-state index is 13.6. The molecule has 2 aromatic carbocycles. The Morgan fingerprint density at radius 2 is 0.921 bits per heavy atom. The van der Waals surface area contributed by atoms with Crippen molar-refractivity contribution in [2.45, 2.75) is 32.1 Å². The van der Waals surface area contributed by atoms with E-state index in [-0.39, 0.29) is 11.6 Å². The predicted octanol–water partition coefficient (Wildman–Crippen LogP) is 5.55. The van der Waals surface area contributed by atoms with Crippen LogP contribution >= 0.6 is 0 Å². The maximum atomic E-state index is 13.6. The molecule has 1 aliphatic rings. The third kappa shape index (κ3) is 5.96. The van der Waals surface area contributed by atoms with Crippen LogP contribution in [0.15, 0.2) is 36.4 Å². The molecular formula is C30H36O8. The first kappa shape index (κ1) is 28.6. The van der Waals surface area contributed by atoms with E-state index in [9.17, 15) is 9.59 Å². The first-order chi connectivity index (χ1) is 18.4. The third-order valence-electron chi connectivity index (χ3n) is 6.88. The Kier molecular flexibility index (Phi) is 9.82. The molecule has 204 valence electrons. The lowest BCUT2D eigenvalue weighted by Gasteiger charge is -2.32. The molecule has 0 amide bonds. The van der Waals surface area contributed by atoms with E-state index in [0.717, 1.165) is 19.3 Å². The summed E-state index contributed by atoms with van der Waals surface area (Å²) in [6.07, 6.45) is 9.96. The molecule has 1 aliphatic carbocycles. The van der Waals surface area contributed by atoms with Crippen LogP contribution in [0.2, 0.25) is 0 Å². The van der Waals surface area contributed by atoms with E-state index in [4.69, 9.17) is 28.4 Å². The molecule has 0 radical (unpaired) electrons. The van der Waals surface area contributed by atoms with Crippen LogP contribution in [0, 0.1) is 5.41 Å². The van der Waals surface area contributed by atoms with E-state index >= 15 is 0 Å². The van der Waals surface area contributed by atoms with Crippen molar-refractivity contribution in [1.29, 1.82) is 0 Å². The van der Waals surface area contributed by atoms with Gasteiger partial charge >= 0.3 is 0 Å². The summed E-state index contributed by atoms with van der Waals surface area (Å²) in [5, 5.41) is 0. The summed E-state index contributed by atoms with van der Waals surface area (Å²) in [5.74, 6) is 2.43. The molecular weight excluding hydrogens is 488 g/mol. The lowest BCUT2D eigenvalue weighted by molar-refractivity contribution is -0.137. The van der Waals surface area contributed by atoms with Crippen LogP contribution in [-0.4, -0.2) is 54.2 Å². The lowest BCUT2D eigenvalue weighted by atomic mass is 9.68. The van der Waals surface area contributed by atoms with Crippen LogP contribution in [0.3, 0.4) is 0 Å². The molecule has 0 N–H and O–H groups in total. The molecule has 0 saturated heterocycles. The van der Waals surface area contributed by atoms with Gasteiger partial charge < -0.3 is 28.4 Å². The Morgan fingerprint density at radius 1 is 0.579 bits per heavy atom. The summed E-state index contributed by atoms with van der Waals surface area (Å²) in [7, 11) is 9.20. The molecule has 0 atom stereocenters. The molecule has 2 aromatic rings. The number of ether oxygens (including phenoxy) is 6. The van der Waals surface area contributed by atoms with E-state index in [1.54, 1.807) is 36.4 Å². The van der Waals surface area contributed by atoms with Gasteiger partial charge in [0.15, 0.2) is 34.6 Å². The summed E-state index contributed by atoms with van der Waals surface area (Å²) >= 11 is 0. The summed E-state index contributed by atoms with van der Waals surface area (Å²) in [4.78, 5) is 27.2. The zero-order chi connectivity index (χ0) is 27.7. The second-order valence-electron chi connectivity index (χ2n) is 8.96. The highest BCUT2D eigenvalue weighted by Gasteiger charge is 2.43. The number of carbonyl (C=O) groups is 2. The molecule has 38 heavy (non-hydrogen) atoms. The third-order valence-corrected chi connectivity index (χ3v) is 6.88. The van der Waals surface area contributed by atoms with Gasteiger partial charge in [-0.3, -0.25) is 9.59 Å². The Balaban J connectivity index is 1.91. The van der Waals surface area contributed by atoms with E-state index < -0.39 is 5.41 Å². The Labute approximate surface area is 224 Å². The maximum Gasteiger partial charge on any atom is 0.203 e. The van der Waals surface area contributed by atoms with Crippen LogP contribution in [-0.2, 0) is 9.59 Å². The number of rotatable bonds is 12. The van der Waals surface area contributed by atoms with Gasteiger partial charge in [0, 0.05) is 0 Å². The molecule has 8 nitrogen and oxygen atoms in total. The molecule has 1 saturated carbocycles. The van der Waals surface area contributed by atoms with Crippen LogP contribution in [0.5, 0.6) is 34.5 Å². The first-order valence-corrected chi connectivity index (χ1v) is 12.4. The second kappa shape index (κ2) is 13.0. The minimum absolute atomic E-state index is 0.217. The Bertz CT molecular complexity index is 1070. The van der Waals surface area contributed by atoms with Crippen molar-refractivity contribution in [3.63, 3.8) is 0 Å². The smallest absolute Gasteiger partial charge is 0.203 e. The average molecular weight is 525 g/mol. The summed E-state index contributed by atoms with van der Waals surface area (Å²) in [6, 6.07) is 7.02. The molecule has 3 rings (SSSR count). The van der Waals surface area contributed by atoms with Crippen molar-refractivity contribution in [2.75, 3.05) is 42.7 Å². The van der Waals surface area contributed by atoms with Crippen molar-refractivity contribution in [3.05, 3.63) is 47.5 Å². The second-order valence-corrected chi connectivity index (χ2v) is 8.96. The fourth-order valence-electron chi connectivity index (χ4n) is 4.83. The van der Waals surface area contributed by atoms with Crippen molar-refractivity contribution in [3.8, 4) is 34.5 Å². The van der Waals surface area contributed by atoms with Gasteiger partial charge in [0.05, 0.1) is 48.1 Å². The number of hydrogen-bond donors (Lipinski definition) is 0. The van der Waals surface area contributed by atoms with Crippen LogP contribution in [0.4, 0.5) is 0 Å². The quantitative estimate of drug-likeness (QED) is 0.264. The zero-order valence-electron chi connectivity index (χ0n) is 22.9. The molecule has 0 spiro atoms. The first-order valence-electron chi connectivity index (χ1n) is 12.4. The average Bonchev–Trinajstić information content (AvgIpc) is 2.97.